The Hall–Kier alpha value is -3.37. The number of alkyl halides is 3. The molecule has 0 saturated carbocycles. The Bertz CT molecular complexity index is 931. The smallest absolute Gasteiger partial charge is 0.471 e. The highest BCUT2D eigenvalue weighted by atomic mass is 19.4. The number of aromatic carboxylic acids is 1. The summed E-state index contributed by atoms with van der Waals surface area (Å²) in [5, 5.41) is 16.2. The van der Waals surface area contributed by atoms with Crippen LogP contribution < -0.4 is 4.74 Å². The van der Waals surface area contributed by atoms with Crippen molar-refractivity contribution in [1.29, 1.82) is 0 Å². The molecule has 0 amide bonds. The van der Waals surface area contributed by atoms with Crippen LogP contribution in [0.25, 0.3) is 11.4 Å². The number of aryl methyl sites for hydroxylation is 1. The van der Waals surface area contributed by atoms with Crippen LogP contribution in [0.2, 0.25) is 0 Å². The van der Waals surface area contributed by atoms with Crippen LogP contribution in [0.4, 0.5) is 13.2 Å². The molecule has 0 atom stereocenters. The molecule has 0 unspecified atom stereocenters. The Morgan fingerprint density at radius 1 is 1.31 bits per heavy atom. The van der Waals surface area contributed by atoms with Gasteiger partial charge in [0.05, 0.1) is 0 Å². The van der Waals surface area contributed by atoms with Crippen LogP contribution in [0.15, 0.2) is 34.9 Å². The quantitative estimate of drug-likeness (QED) is 0.738. The molecule has 0 saturated heterocycles. The normalized spacial score (nSPS) is 11.5. The van der Waals surface area contributed by atoms with E-state index in [2.05, 4.69) is 19.8 Å². The fraction of sp³-hybridized carbons (Fsp3) is 0.200. The first-order valence-electron chi connectivity index (χ1n) is 7.14. The first-order valence-corrected chi connectivity index (χ1v) is 7.14. The zero-order chi connectivity index (χ0) is 18.9. The molecule has 0 radical (unpaired) electrons. The third kappa shape index (κ3) is 3.66. The van der Waals surface area contributed by atoms with E-state index in [4.69, 9.17) is 9.84 Å². The van der Waals surface area contributed by atoms with Gasteiger partial charge in [0.2, 0.25) is 11.7 Å². The van der Waals surface area contributed by atoms with Gasteiger partial charge in [-0.1, -0.05) is 29.4 Å². The van der Waals surface area contributed by atoms with E-state index in [1.165, 1.54) is 29.9 Å². The fourth-order valence-corrected chi connectivity index (χ4v) is 2.07. The number of hydrogen-bond donors (Lipinski definition) is 1. The van der Waals surface area contributed by atoms with E-state index >= 15 is 0 Å². The summed E-state index contributed by atoms with van der Waals surface area (Å²) in [6.07, 6.45) is -4.70. The molecule has 0 bridgehead atoms. The van der Waals surface area contributed by atoms with Crippen LogP contribution in [0.3, 0.4) is 0 Å². The lowest BCUT2D eigenvalue weighted by Gasteiger charge is -2.03. The molecular weight excluding hydrogens is 357 g/mol. The maximum Gasteiger partial charge on any atom is 0.471 e. The lowest BCUT2D eigenvalue weighted by molar-refractivity contribution is -0.159. The fourth-order valence-electron chi connectivity index (χ4n) is 2.07. The van der Waals surface area contributed by atoms with Crippen molar-refractivity contribution < 1.29 is 32.3 Å². The minimum Gasteiger partial charge on any atom is -0.477 e. The number of hydrogen-bond acceptors (Lipinski definition) is 6. The Morgan fingerprint density at radius 2 is 2.00 bits per heavy atom. The van der Waals surface area contributed by atoms with Gasteiger partial charge < -0.3 is 14.4 Å². The molecule has 11 heteroatoms. The van der Waals surface area contributed by atoms with Gasteiger partial charge in [0, 0.05) is 18.7 Å². The standard InChI is InChI=1S/C15H11F3N4O4/c1-22-10(13(23)24)6-11(20-22)25-7-8-2-4-9(5-3-8)12-19-14(26-21-12)15(16,17)18/h2-6H,7H2,1H3,(H,23,24). The minimum absolute atomic E-state index is 0.0204. The molecule has 0 aliphatic rings. The van der Waals surface area contributed by atoms with Crippen molar-refractivity contribution >= 4 is 5.97 Å². The third-order valence-electron chi connectivity index (χ3n) is 3.34. The summed E-state index contributed by atoms with van der Waals surface area (Å²) >= 11 is 0. The molecular formula is C15H11F3N4O4. The summed E-state index contributed by atoms with van der Waals surface area (Å²) in [5.74, 6) is -2.58. The van der Waals surface area contributed by atoms with E-state index in [1.54, 1.807) is 12.1 Å². The minimum atomic E-state index is -4.70. The van der Waals surface area contributed by atoms with Crippen LogP contribution in [0.1, 0.15) is 21.9 Å². The summed E-state index contributed by atoms with van der Waals surface area (Å²) < 4.78 is 48.2. The van der Waals surface area contributed by atoms with Crippen molar-refractivity contribution in [1.82, 2.24) is 19.9 Å². The van der Waals surface area contributed by atoms with Crippen molar-refractivity contribution in [2.45, 2.75) is 12.8 Å². The molecule has 0 aliphatic carbocycles. The molecule has 1 aromatic carbocycles. The van der Waals surface area contributed by atoms with E-state index < -0.39 is 18.0 Å². The SMILES string of the molecule is Cn1nc(OCc2ccc(-c3noc(C(F)(F)F)n3)cc2)cc1C(=O)O. The van der Waals surface area contributed by atoms with Gasteiger partial charge in [-0.2, -0.15) is 18.2 Å². The summed E-state index contributed by atoms with van der Waals surface area (Å²) in [7, 11) is 1.48. The molecule has 1 N–H and O–H groups in total. The number of nitrogens with zero attached hydrogens (tertiary/aromatic N) is 4. The predicted molar refractivity (Wildman–Crippen MR) is 79.2 cm³/mol. The van der Waals surface area contributed by atoms with Crippen molar-refractivity contribution in [2.24, 2.45) is 7.05 Å². The van der Waals surface area contributed by atoms with Crippen molar-refractivity contribution in [2.75, 3.05) is 0 Å². The van der Waals surface area contributed by atoms with Gasteiger partial charge in [-0.15, -0.1) is 5.10 Å². The van der Waals surface area contributed by atoms with Gasteiger partial charge in [0.1, 0.15) is 12.3 Å². The highest BCUT2D eigenvalue weighted by Gasteiger charge is 2.38. The highest BCUT2D eigenvalue weighted by Crippen LogP contribution is 2.29. The lowest BCUT2D eigenvalue weighted by atomic mass is 10.1. The molecule has 3 rings (SSSR count). The number of aromatic nitrogens is 4. The van der Waals surface area contributed by atoms with Crippen LogP contribution in [-0.4, -0.2) is 31.0 Å². The number of halogens is 3. The Balaban J connectivity index is 1.67. The van der Waals surface area contributed by atoms with Gasteiger partial charge in [0.25, 0.3) is 0 Å². The third-order valence-corrected chi connectivity index (χ3v) is 3.34. The molecule has 2 heterocycles. The van der Waals surface area contributed by atoms with E-state index in [9.17, 15) is 18.0 Å². The second-order valence-corrected chi connectivity index (χ2v) is 5.20. The maximum atomic E-state index is 12.5. The summed E-state index contributed by atoms with van der Waals surface area (Å²) in [5.41, 5.74) is 1.02. The maximum absolute atomic E-state index is 12.5. The molecule has 2 aromatic heterocycles. The average molecular weight is 368 g/mol. The number of rotatable bonds is 5. The van der Waals surface area contributed by atoms with Gasteiger partial charge in [-0.25, -0.2) is 4.79 Å². The Morgan fingerprint density at radius 3 is 2.54 bits per heavy atom. The number of benzene rings is 1. The second-order valence-electron chi connectivity index (χ2n) is 5.20. The zero-order valence-corrected chi connectivity index (χ0v) is 13.2. The van der Waals surface area contributed by atoms with E-state index in [-0.39, 0.29) is 24.0 Å². The summed E-state index contributed by atoms with van der Waals surface area (Å²) in [6.45, 7) is 0.0936. The molecule has 0 aliphatic heterocycles. The first kappa shape index (κ1) is 17.5. The van der Waals surface area contributed by atoms with Crippen LogP contribution >= 0.6 is 0 Å². The monoisotopic (exact) mass is 368 g/mol. The molecule has 8 nitrogen and oxygen atoms in total. The average Bonchev–Trinajstić information content (AvgIpc) is 3.20. The van der Waals surface area contributed by atoms with Gasteiger partial charge in [0.15, 0.2) is 0 Å². The molecule has 136 valence electrons. The van der Waals surface area contributed by atoms with Crippen molar-refractivity contribution in [3.8, 4) is 17.3 Å². The summed E-state index contributed by atoms with van der Waals surface area (Å²) in [4.78, 5) is 14.2. The zero-order valence-electron chi connectivity index (χ0n) is 13.2. The first-order chi connectivity index (χ1) is 12.2. The van der Waals surface area contributed by atoms with Crippen molar-refractivity contribution in [3.05, 3.63) is 47.5 Å². The topological polar surface area (TPSA) is 103 Å². The highest BCUT2D eigenvalue weighted by molar-refractivity contribution is 5.85. The number of carboxylic acids is 1. The summed E-state index contributed by atoms with van der Waals surface area (Å²) in [6, 6.07) is 7.55. The largest absolute Gasteiger partial charge is 0.477 e. The second kappa shape index (κ2) is 6.50. The van der Waals surface area contributed by atoms with Crippen LogP contribution in [-0.2, 0) is 19.8 Å². The van der Waals surface area contributed by atoms with Gasteiger partial charge >= 0.3 is 18.0 Å². The Kier molecular flexibility index (Phi) is 4.36. The van der Waals surface area contributed by atoms with E-state index in [0.29, 0.717) is 11.1 Å². The molecule has 0 fully saturated rings. The van der Waals surface area contributed by atoms with Gasteiger partial charge in [-0.3, -0.25) is 4.68 Å². The molecule has 26 heavy (non-hydrogen) atoms. The molecule has 0 spiro atoms. The lowest BCUT2D eigenvalue weighted by Crippen LogP contribution is -2.04. The molecule has 3 aromatic rings. The predicted octanol–water partition coefficient (Wildman–Crippen LogP) is 2.77. The Labute approximate surface area is 143 Å². The van der Waals surface area contributed by atoms with Gasteiger partial charge in [-0.05, 0) is 5.56 Å². The van der Waals surface area contributed by atoms with E-state index in [0.717, 1.165) is 0 Å². The van der Waals surface area contributed by atoms with Crippen LogP contribution in [0, 0.1) is 0 Å². The number of ether oxygens (including phenoxy) is 1. The number of carbonyl (C=O) groups is 1. The number of carboxylic acid groups (broad SMARTS) is 1. The van der Waals surface area contributed by atoms with Crippen molar-refractivity contribution in [3.63, 3.8) is 0 Å². The van der Waals surface area contributed by atoms with E-state index in [1.807, 2.05) is 0 Å². The van der Waals surface area contributed by atoms with Crippen LogP contribution in [0.5, 0.6) is 5.88 Å².